The first kappa shape index (κ1) is 12.9. The molecule has 0 aliphatic heterocycles. The third kappa shape index (κ3) is 2.93. The first-order valence-corrected chi connectivity index (χ1v) is 5.17. The van der Waals surface area contributed by atoms with Crippen LogP contribution < -0.4 is 0 Å². The fourth-order valence-electron chi connectivity index (χ4n) is 1.26. The Bertz CT molecular complexity index is 398. The van der Waals surface area contributed by atoms with E-state index < -0.39 is 17.8 Å². The summed E-state index contributed by atoms with van der Waals surface area (Å²) in [5.41, 5.74) is 0.392. The lowest BCUT2D eigenvalue weighted by Crippen LogP contribution is -2.35. The second-order valence-electron chi connectivity index (χ2n) is 3.64. The molecular formula is C11H13ClFNO2. The Kier molecular flexibility index (Phi) is 4.26. The number of carboxylic acids is 1. The van der Waals surface area contributed by atoms with Crippen molar-refractivity contribution >= 4 is 17.6 Å². The van der Waals surface area contributed by atoms with Crippen LogP contribution in [-0.4, -0.2) is 29.1 Å². The predicted molar refractivity (Wildman–Crippen MR) is 60.0 cm³/mol. The highest BCUT2D eigenvalue weighted by atomic mass is 35.5. The zero-order valence-electron chi connectivity index (χ0n) is 9.08. The maximum absolute atomic E-state index is 13.5. The van der Waals surface area contributed by atoms with Crippen molar-refractivity contribution in [3.63, 3.8) is 0 Å². The molecule has 0 amide bonds. The highest BCUT2D eigenvalue weighted by Crippen LogP contribution is 2.19. The lowest BCUT2D eigenvalue weighted by molar-refractivity contribution is -0.142. The van der Waals surface area contributed by atoms with E-state index in [1.54, 1.807) is 26.1 Å². The molecule has 1 N–H and O–H groups in total. The Morgan fingerprint density at radius 2 is 2.25 bits per heavy atom. The molecule has 16 heavy (non-hydrogen) atoms. The molecule has 1 rings (SSSR count). The number of rotatable bonds is 4. The fraction of sp³-hybridized carbons (Fsp3) is 0.364. The van der Waals surface area contributed by atoms with Crippen molar-refractivity contribution in [2.24, 2.45) is 0 Å². The lowest BCUT2D eigenvalue weighted by Gasteiger charge is -2.21. The Morgan fingerprint density at radius 1 is 1.62 bits per heavy atom. The number of nitrogens with zero attached hydrogens (tertiary/aromatic N) is 1. The first-order chi connectivity index (χ1) is 7.43. The molecule has 1 aromatic carbocycles. The number of aliphatic carboxylic acids is 1. The number of carboxylic acid groups (broad SMARTS) is 1. The van der Waals surface area contributed by atoms with Gasteiger partial charge in [0, 0.05) is 12.1 Å². The summed E-state index contributed by atoms with van der Waals surface area (Å²) in [6.07, 6.45) is 0. The number of halogens is 2. The minimum Gasteiger partial charge on any atom is -0.480 e. The standard InChI is InChI=1S/C11H13ClFNO2/c1-7(11(15)16)14(2)6-8-4-3-5-9(12)10(8)13/h3-5,7H,6H2,1-2H3,(H,15,16). The summed E-state index contributed by atoms with van der Waals surface area (Å²) >= 11 is 5.63. The maximum atomic E-state index is 13.5. The molecule has 0 saturated heterocycles. The van der Waals surface area contributed by atoms with Crippen molar-refractivity contribution in [3.8, 4) is 0 Å². The van der Waals surface area contributed by atoms with Gasteiger partial charge < -0.3 is 5.11 Å². The molecule has 5 heteroatoms. The molecule has 88 valence electrons. The number of benzene rings is 1. The highest BCUT2D eigenvalue weighted by Gasteiger charge is 2.18. The van der Waals surface area contributed by atoms with Gasteiger partial charge in [-0.05, 0) is 20.0 Å². The number of hydrogen-bond acceptors (Lipinski definition) is 2. The van der Waals surface area contributed by atoms with E-state index in [9.17, 15) is 9.18 Å². The molecule has 0 fully saturated rings. The molecule has 0 heterocycles. The van der Waals surface area contributed by atoms with E-state index in [0.29, 0.717) is 5.56 Å². The van der Waals surface area contributed by atoms with Gasteiger partial charge in [0.1, 0.15) is 11.9 Å². The number of hydrogen-bond donors (Lipinski definition) is 1. The van der Waals surface area contributed by atoms with Crippen LogP contribution in [0.25, 0.3) is 0 Å². The van der Waals surface area contributed by atoms with Crippen LogP contribution in [-0.2, 0) is 11.3 Å². The van der Waals surface area contributed by atoms with E-state index in [1.807, 2.05) is 0 Å². The van der Waals surface area contributed by atoms with E-state index >= 15 is 0 Å². The van der Waals surface area contributed by atoms with E-state index in [2.05, 4.69) is 0 Å². The zero-order valence-corrected chi connectivity index (χ0v) is 9.83. The quantitative estimate of drug-likeness (QED) is 0.886. The van der Waals surface area contributed by atoms with Crippen LogP contribution in [0, 0.1) is 5.82 Å². The Balaban J connectivity index is 2.81. The molecule has 0 aliphatic carbocycles. The van der Waals surface area contributed by atoms with Gasteiger partial charge in [-0.1, -0.05) is 23.7 Å². The SMILES string of the molecule is CC(C(=O)O)N(C)Cc1cccc(Cl)c1F. The predicted octanol–water partition coefficient (Wildman–Crippen LogP) is 2.38. The van der Waals surface area contributed by atoms with Crippen LogP contribution in [0.15, 0.2) is 18.2 Å². The molecule has 0 bridgehead atoms. The second-order valence-corrected chi connectivity index (χ2v) is 4.05. The smallest absolute Gasteiger partial charge is 0.320 e. The molecule has 3 nitrogen and oxygen atoms in total. The van der Waals surface area contributed by atoms with Gasteiger partial charge in [-0.2, -0.15) is 0 Å². The second kappa shape index (κ2) is 5.27. The zero-order chi connectivity index (χ0) is 12.3. The summed E-state index contributed by atoms with van der Waals surface area (Å²) in [7, 11) is 1.62. The molecule has 0 spiro atoms. The van der Waals surface area contributed by atoms with Crippen LogP contribution in [0.1, 0.15) is 12.5 Å². The monoisotopic (exact) mass is 245 g/mol. The van der Waals surface area contributed by atoms with Crippen LogP contribution in [0.5, 0.6) is 0 Å². The van der Waals surface area contributed by atoms with E-state index in [-0.39, 0.29) is 11.6 Å². The lowest BCUT2D eigenvalue weighted by atomic mass is 10.2. The van der Waals surface area contributed by atoms with Crippen molar-refractivity contribution in [2.45, 2.75) is 19.5 Å². The molecule has 0 aromatic heterocycles. The molecule has 0 saturated carbocycles. The van der Waals surface area contributed by atoms with E-state index in [1.165, 1.54) is 11.0 Å². The summed E-state index contributed by atoms with van der Waals surface area (Å²) < 4.78 is 13.5. The third-order valence-electron chi connectivity index (χ3n) is 2.47. The number of carbonyl (C=O) groups is 1. The van der Waals surface area contributed by atoms with Gasteiger partial charge in [-0.15, -0.1) is 0 Å². The average molecular weight is 246 g/mol. The van der Waals surface area contributed by atoms with Crippen molar-refractivity contribution in [2.75, 3.05) is 7.05 Å². The van der Waals surface area contributed by atoms with Gasteiger partial charge in [0.05, 0.1) is 5.02 Å². The molecule has 1 atom stereocenters. The first-order valence-electron chi connectivity index (χ1n) is 4.79. The summed E-state index contributed by atoms with van der Waals surface area (Å²) in [4.78, 5) is 12.3. The topological polar surface area (TPSA) is 40.5 Å². The van der Waals surface area contributed by atoms with E-state index in [4.69, 9.17) is 16.7 Å². The Labute approximate surface area is 98.4 Å². The van der Waals surface area contributed by atoms with Crippen LogP contribution in [0.4, 0.5) is 4.39 Å². The largest absolute Gasteiger partial charge is 0.480 e. The van der Waals surface area contributed by atoms with Crippen LogP contribution >= 0.6 is 11.6 Å². The summed E-state index contributed by atoms with van der Waals surface area (Å²) in [5.74, 6) is -1.43. The summed E-state index contributed by atoms with van der Waals surface area (Å²) in [5, 5.41) is 8.84. The van der Waals surface area contributed by atoms with Gasteiger partial charge >= 0.3 is 5.97 Å². The Morgan fingerprint density at radius 3 is 2.81 bits per heavy atom. The van der Waals surface area contributed by atoms with Gasteiger partial charge in [-0.3, -0.25) is 9.69 Å². The van der Waals surface area contributed by atoms with Gasteiger partial charge in [-0.25, -0.2) is 4.39 Å². The maximum Gasteiger partial charge on any atom is 0.320 e. The minimum absolute atomic E-state index is 0.0499. The molecule has 0 aliphatic rings. The molecule has 1 aromatic rings. The summed E-state index contributed by atoms with van der Waals surface area (Å²) in [6.45, 7) is 1.75. The highest BCUT2D eigenvalue weighted by molar-refractivity contribution is 6.30. The Hall–Kier alpha value is -1.13. The molecule has 0 radical (unpaired) electrons. The molecule has 1 unspecified atom stereocenters. The molecular weight excluding hydrogens is 233 g/mol. The summed E-state index contributed by atoms with van der Waals surface area (Å²) in [6, 6.07) is 4.02. The van der Waals surface area contributed by atoms with Gasteiger partial charge in [0.15, 0.2) is 0 Å². The van der Waals surface area contributed by atoms with E-state index in [0.717, 1.165) is 0 Å². The number of likely N-dealkylation sites (N-methyl/N-ethyl adjacent to an activating group) is 1. The minimum atomic E-state index is -0.940. The van der Waals surface area contributed by atoms with Crippen molar-refractivity contribution in [1.82, 2.24) is 4.90 Å². The van der Waals surface area contributed by atoms with Gasteiger partial charge in [0.2, 0.25) is 0 Å². The van der Waals surface area contributed by atoms with Crippen molar-refractivity contribution in [1.29, 1.82) is 0 Å². The normalized spacial score (nSPS) is 12.8. The average Bonchev–Trinajstić information content (AvgIpc) is 2.23. The third-order valence-corrected chi connectivity index (χ3v) is 2.76. The van der Waals surface area contributed by atoms with Crippen LogP contribution in [0.3, 0.4) is 0 Å². The van der Waals surface area contributed by atoms with Crippen LogP contribution in [0.2, 0.25) is 5.02 Å². The van der Waals surface area contributed by atoms with Gasteiger partial charge in [0.25, 0.3) is 0 Å². The van der Waals surface area contributed by atoms with Crippen molar-refractivity contribution < 1.29 is 14.3 Å². The fourth-order valence-corrected chi connectivity index (χ4v) is 1.46. The van der Waals surface area contributed by atoms with Crippen molar-refractivity contribution in [3.05, 3.63) is 34.6 Å².